The normalized spacial score (nSPS) is 19.9. The Morgan fingerprint density at radius 3 is 2.63 bits per heavy atom. The quantitative estimate of drug-likeness (QED) is 0.312. The number of pyridine rings is 1. The molecular weight excluding hydrogens is 552 g/mol. The van der Waals surface area contributed by atoms with Crippen LogP contribution < -0.4 is 20.3 Å². The van der Waals surface area contributed by atoms with Crippen molar-refractivity contribution in [3.05, 3.63) is 84.1 Å². The molecule has 13 nitrogen and oxygen atoms in total. The lowest BCUT2D eigenvalue weighted by molar-refractivity contribution is -0.125. The molecule has 2 saturated heterocycles. The van der Waals surface area contributed by atoms with Crippen LogP contribution in [0.5, 0.6) is 5.75 Å². The Labute approximate surface area is 246 Å². The fourth-order valence-corrected chi connectivity index (χ4v) is 5.86. The topological polar surface area (TPSA) is 146 Å². The summed E-state index contributed by atoms with van der Waals surface area (Å²) in [4.78, 5) is 58.0. The number of carbonyl (C=O) groups is 3. The van der Waals surface area contributed by atoms with Gasteiger partial charge in [0, 0.05) is 74.2 Å². The zero-order valence-electron chi connectivity index (χ0n) is 23.4. The molecular formula is C30H28N8O5. The average Bonchev–Trinajstić information content (AvgIpc) is 3.69. The van der Waals surface area contributed by atoms with E-state index in [2.05, 4.69) is 42.0 Å². The number of imide groups is 1. The second-order valence-corrected chi connectivity index (χ2v) is 10.7. The van der Waals surface area contributed by atoms with Crippen LogP contribution in [0.15, 0.2) is 66.1 Å². The van der Waals surface area contributed by atoms with Crippen LogP contribution >= 0.6 is 0 Å². The van der Waals surface area contributed by atoms with Crippen molar-refractivity contribution < 1.29 is 23.5 Å². The minimum atomic E-state index is -1.63. The molecule has 4 amide bonds. The molecule has 0 saturated carbocycles. The lowest BCUT2D eigenvalue weighted by Crippen LogP contribution is -2.52. The fraction of sp³-hybridized carbons (Fsp3) is 0.267. The number of hydrogen-bond acceptors (Lipinski definition) is 10. The summed E-state index contributed by atoms with van der Waals surface area (Å²) in [6, 6.07) is 8.06. The summed E-state index contributed by atoms with van der Waals surface area (Å²) < 4.78 is 11.5. The average molecular weight is 581 g/mol. The molecule has 43 heavy (non-hydrogen) atoms. The molecule has 1 atom stereocenters. The third-order valence-corrected chi connectivity index (χ3v) is 8.22. The summed E-state index contributed by atoms with van der Waals surface area (Å²) in [5.41, 5.74) is 2.17. The Kier molecular flexibility index (Phi) is 6.22. The number of amides is 4. The van der Waals surface area contributed by atoms with Crippen molar-refractivity contribution in [1.29, 1.82) is 0 Å². The molecule has 6 heterocycles. The van der Waals surface area contributed by atoms with E-state index in [9.17, 15) is 14.4 Å². The van der Waals surface area contributed by atoms with E-state index in [1.807, 2.05) is 12.1 Å². The molecule has 1 unspecified atom stereocenters. The van der Waals surface area contributed by atoms with Crippen molar-refractivity contribution in [3.63, 3.8) is 0 Å². The predicted octanol–water partition coefficient (Wildman–Crippen LogP) is 2.11. The number of piperazine rings is 1. The van der Waals surface area contributed by atoms with Crippen LogP contribution in [0.4, 0.5) is 10.6 Å². The first-order chi connectivity index (χ1) is 20.8. The summed E-state index contributed by atoms with van der Waals surface area (Å²) in [5.74, 6) is 0.705. The first-order valence-electron chi connectivity index (χ1n) is 13.8. The number of ether oxygens (including phenoxy) is 1. The summed E-state index contributed by atoms with van der Waals surface area (Å²) >= 11 is 0. The van der Waals surface area contributed by atoms with E-state index in [0.717, 1.165) is 48.8 Å². The number of fused-ring (bicyclic) bond motifs is 2. The molecule has 1 aromatic carbocycles. The fourth-order valence-electron chi connectivity index (χ4n) is 5.86. The molecule has 0 aliphatic carbocycles. The molecule has 0 spiro atoms. The maximum atomic E-state index is 13.3. The first kappa shape index (κ1) is 26.4. The predicted molar refractivity (Wildman–Crippen MR) is 155 cm³/mol. The van der Waals surface area contributed by atoms with E-state index in [1.54, 1.807) is 43.0 Å². The Hall–Kier alpha value is -5.46. The first-order valence-corrected chi connectivity index (χ1v) is 13.8. The van der Waals surface area contributed by atoms with E-state index in [1.165, 1.54) is 12.0 Å². The molecule has 2 fully saturated rings. The zero-order chi connectivity index (χ0) is 29.7. The van der Waals surface area contributed by atoms with E-state index >= 15 is 0 Å². The number of carbonyl (C=O) groups excluding carboxylic acids is 3. The lowest BCUT2D eigenvalue weighted by Gasteiger charge is -2.37. The number of furan rings is 1. The Bertz CT molecular complexity index is 1780. The van der Waals surface area contributed by atoms with E-state index < -0.39 is 17.5 Å². The highest BCUT2D eigenvalue weighted by atomic mass is 16.5. The monoisotopic (exact) mass is 580 g/mol. The second-order valence-electron chi connectivity index (χ2n) is 10.7. The van der Waals surface area contributed by atoms with Gasteiger partial charge in [-0.15, -0.1) is 0 Å². The van der Waals surface area contributed by atoms with Crippen LogP contribution in [0.3, 0.4) is 0 Å². The molecule has 7 rings (SSSR count). The van der Waals surface area contributed by atoms with Gasteiger partial charge in [0.1, 0.15) is 22.8 Å². The summed E-state index contributed by atoms with van der Waals surface area (Å²) in [6.45, 7) is 7.46. The van der Waals surface area contributed by atoms with Gasteiger partial charge in [-0.05, 0) is 23.8 Å². The maximum absolute atomic E-state index is 13.3. The molecule has 0 bridgehead atoms. The third kappa shape index (κ3) is 4.49. The highest BCUT2D eigenvalue weighted by Gasteiger charge is 2.53. The minimum Gasteiger partial charge on any atom is -0.497 e. The highest BCUT2D eigenvalue weighted by Crippen LogP contribution is 2.35. The summed E-state index contributed by atoms with van der Waals surface area (Å²) in [7, 11) is 1.53. The van der Waals surface area contributed by atoms with Gasteiger partial charge in [0.05, 0.1) is 19.9 Å². The van der Waals surface area contributed by atoms with Crippen molar-refractivity contribution >= 4 is 40.5 Å². The van der Waals surface area contributed by atoms with Gasteiger partial charge in [0.2, 0.25) is 0 Å². The number of rotatable bonds is 7. The standard InChI is InChI=1S/C30H28N8O5/c1-18(36-7-9-37(10-8-36)26-15-31-5-6-32-26)20-11-24-23(33-14-20)13-25(43-24)30(28(40)34-29(41)35-30)17-38-16-19-3-4-21(42-2)12-22(19)27(38)39/h3-6,11-15H,1,7-10,16-17H2,2H3,(H2,34,35,40,41). The van der Waals surface area contributed by atoms with Gasteiger partial charge in [0.25, 0.3) is 11.8 Å². The second kappa shape index (κ2) is 10.1. The van der Waals surface area contributed by atoms with Gasteiger partial charge in [-0.3, -0.25) is 24.9 Å². The summed E-state index contributed by atoms with van der Waals surface area (Å²) in [6.07, 6.45) is 6.81. The third-order valence-electron chi connectivity index (χ3n) is 8.22. The van der Waals surface area contributed by atoms with Gasteiger partial charge >= 0.3 is 6.03 Å². The number of nitrogens with zero attached hydrogens (tertiary/aromatic N) is 6. The van der Waals surface area contributed by atoms with E-state index in [-0.39, 0.29) is 24.8 Å². The largest absolute Gasteiger partial charge is 0.497 e. The molecule has 3 aliphatic heterocycles. The number of hydrogen-bond donors (Lipinski definition) is 2. The van der Waals surface area contributed by atoms with Gasteiger partial charge in [-0.25, -0.2) is 9.78 Å². The molecule has 3 aromatic heterocycles. The molecule has 2 N–H and O–H groups in total. The van der Waals surface area contributed by atoms with Crippen LogP contribution in [0.1, 0.15) is 27.2 Å². The van der Waals surface area contributed by atoms with Crippen molar-refractivity contribution in [3.8, 4) is 5.75 Å². The van der Waals surface area contributed by atoms with Crippen LogP contribution in [0.2, 0.25) is 0 Å². The highest BCUT2D eigenvalue weighted by molar-refractivity contribution is 6.08. The number of methoxy groups -OCH3 is 1. The SMILES string of the molecule is C=C(c1cnc2cc(C3(CN4Cc5ccc(OC)cc5C4=O)NC(=O)NC3=O)oc2c1)N1CCN(c2cnccn2)CC1. The van der Waals surface area contributed by atoms with Crippen LogP contribution in [-0.4, -0.2) is 82.4 Å². The van der Waals surface area contributed by atoms with Crippen LogP contribution in [0.25, 0.3) is 16.8 Å². The number of nitrogens with one attached hydrogen (secondary N) is 2. The van der Waals surface area contributed by atoms with Gasteiger partial charge in [0.15, 0.2) is 11.1 Å². The van der Waals surface area contributed by atoms with Crippen molar-refractivity contribution in [2.24, 2.45) is 0 Å². The summed E-state index contributed by atoms with van der Waals surface area (Å²) in [5, 5.41) is 5.02. The van der Waals surface area contributed by atoms with Gasteiger partial charge in [-0.2, -0.15) is 0 Å². The molecule has 0 radical (unpaired) electrons. The molecule has 13 heteroatoms. The van der Waals surface area contributed by atoms with Crippen molar-refractivity contribution in [2.75, 3.05) is 44.7 Å². The van der Waals surface area contributed by atoms with Crippen molar-refractivity contribution in [2.45, 2.75) is 12.1 Å². The molecule has 3 aliphatic rings. The number of aromatic nitrogens is 3. The minimum absolute atomic E-state index is 0.129. The van der Waals surface area contributed by atoms with Gasteiger partial charge in [-0.1, -0.05) is 12.6 Å². The Morgan fingerprint density at radius 1 is 1.07 bits per heavy atom. The van der Waals surface area contributed by atoms with E-state index in [0.29, 0.717) is 22.4 Å². The zero-order valence-corrected chi connectivity index (χ0v) is 23.4. The van der Waals surface area contributed by atoms with Crippen molar-refractivity contribution in [1.82, 2.24) is 35.4 Å². The maximum Gasteiger partial charge on any atom is 0.322 e. The molecule has 218 valence electrons. The smallest absolute Gasteiger partial charge is 0.322 e. The number of urea groups is 1. The van der Waals surface area contributed by atoms with Crippen LogP contribution in [-0.2, 0) is 16.9 Å². The number of anilines is 1. The Morgan fingerprint density at radius 2 is 1.91 bits per heavy atom. The van der Waals surface area contributed by atoms with Crippen LogP contribution in [0, 0.1) is 0 Å². The van der Waals surface area contributed by atoms with E-state index in [4.69, 9.17) is 9.15 Å². The van der Waals surface area contributed by atoms with Gasteiger partial charge < -0.3 is 29.2 Å². The Balaban J connectivity index is 1.13. The molecule has 4 aromatic rings. The number of benzene rings is 1. The lowest BCUT2D eigenvalue weighted by atomic mass is 9.95.